The molecule has 0 bridgehead atoms. The van der Waals surface area contributed by atoms with Crippen LogP contribution in [0.25, 0.3) is 0 Å². The quantitative estimate of drug-likeness (QED) is 0.706. The van der Waals surface area contributed by atoms with Gasteiger partial charge in [0, 0.05) is 11.3 Å². The zero-order chi connectivity index (χ0) is 17.6. The van der Waals surface area contributed by atoms with Crippen molar-refractivity contribution in [3.8, 4) is 0 Å². The molecule has 3 rings (SSSR count). The number of anilines is 1. The molecule has 0 saturated carbocycles. The summed E-state index contributed by atoms with van der Waals surface area (Å²) in [6, 6.07) is 14.7. The van der Waals surface area contributed by atoms with Crippen LogP contribution in [-0.4, -0.2) is 38.6 Å². The number of hydrogen-bond acceptors (Lipinski definition) is 1. The molecular formula is C20H26FN3O+2. The van der Waals surface area contributed by atoms with Crippen LogP contribution in [0.15, 0.2) is 48.5 Å². The lowest BCUT2D eigenvalue weighted by Crippen LogP contribution is -3.28. The van der Waals surface area contributed by atoms with Gasteiger partial charge in [0.05, 0.1) is 0 Å². The van der Waals surface area contributed by atoms with E-state index in [0.717, 1.165) is 49.5 Å². The van der Waals surface area contributed by atoms with Crippen LogP contribution in [0.3, 0.4) is 0 Å². The van der Waals surface area contributed by atoms with E-state index in [-0.39, 0.29) is 11.7 Å². The summed E-state index contributed by atoms with van der Waals surface area (Å²) < 4.78 is 13.3. The third-order valence-electron chi connectivity index (χ3n) is 4.72. The van der Waals surface area contributed by atoms with Crippen molar-refractivity contribution in [2.24, 2.45) is 0 Å². The Hall–Kier alpha value is -2.24. The van der Waals surface area contributed by atoms with Crippen molar-refractivity contribution < 1.29 is 19.0 Å². The van der Waals surface area contributed by atoms with Gasteiger partial charge in [0.2, 0.25) is 0 Å². The molecule has 1 aliphatic heterocycles. The first-order valence-electron chi connectivity index (χ1n) is 8.86. The van der Waals surface area contributed by atoms with Gasteiger partial charge in [0.15, 0.2) is 6.54 Å². The maximum Gasteiger partial charge on any atom is 0.279 e. The van der Waals surface area contributed by atoms with Crippen molar-refractivity contribution in [1.29, 1.82) is 0 Å². The summed E-state index contributed by atoms with van der Waals surface area (Å²) in [7, 11) is 0. The van der Waals surface area contributed by atoms with E-state index in [2.05, 4.69) is 5.32 Å². The van der Waals surface area contributed by atoms with Crippen LogP contribution in [-0.2, 0) is 11.3 Å². The number of amides is 1. The summed E-state index contributed by atoms with van der Waals surface area (Å²) in [6.45, 7) is 7.30. The zero-order valence-electron chi connectivity index (χ0n) is 14.6. The van der Waals surface area contributed by atoms with Gasteiger partial charge in [-0.1, -0.05) is 24.3 Å². The molecule has 0 radical (unpaired) electrons. The van der Waals surface area contributed by atoms with Gasteiger partial charge >= 0.3 is 0 Å². The monoisotopic (exact) mass is 343 g/mol. The van der Waals surface area contributed by atoms with Gasteiger partial charge in [-0.15, -0.1) is 0 Å². The van der Waals surface area contributed by atoms with E-state index in [1.54, 1.807) is 12.1 Å². The normalized spacial score (nSPS) is 20.2. The molecular weight excluding hydrogens is 317 g/mol. The fourth-order valence-electron chi connectivity index (χ4n) is 3.40. The average Bonchev–Trinajstić information content (AvgIpc) is 2.57. The number of carbonyl (C=O) groups excluding carboxylic acids is 1. The highest BCUT2D eigenvalue weighted by atomic mass is 19.1. The van der Waals surface area contributed by atoms with Crippen LogP contribution in [0.5, 0.6) is 0 Å². The molecule has 0 atom stereocenters. The Bertz CT molecular complexity index is 726. The SMILES string of the molecule is Cc1cccc(NC(=O)C[NH+]2CC[NH+](Cc3cccc(F)c3)CC2)c1. The number of nitrogens with one attached hydrogen (secondary N) is 3. The second-order valence-corrected chi connectivity index (χ2v) is 6.90. The lowest BCUT2D eigenvalue weighted by Gasteiger charge is -2.29. The molecule has 132 valence electrons. The molecule has 0 spiro atoms. The predicted octanol–water partition coefficient (Wildman–Crippen LogP) is 0.0562. The largest absolute Gasteiger partial charge is 0.322 e. The van der Waals surface area contributed by atoms with Gasteiger partial charge < -0.3 is 15.1 Å². The lowest BCUT2D eigenvalue weighted by atomic mass is 10.2. The predicted molar refractivity (Wildman–Crippen MR) is 96.2 cm³/mol. The van der Waals surface area contributed by atoms with E-state index in [0.29, 0.717) is 6.54 Å². The Morgan fingerprint density at radius 2 is 1.76 bits per heavy atom. The molecule has 0 aromatic heterocycles. The van der Waals surface area contributed by atoms with Crippen LogP contribution in [0.2, 0.25) is 0 Å². The highest BCUT2D eigenvalue weighted by molar-refractivity contribution is 5.91. The molecule has 2 aromatic rings. The molecule has 1 aliphatic rings. The van der Waals surface area contributed by atoms with Gasteiger partial charge in [-0.3, -0.25) is 4.79 Å². The summed E-state index contributed by atoms with van der Waals surface area (Å²) in [6.07, 6.45) is 0. The molecule has 1 heterocycles. The van der Waals surface area contributed by atoms with Crippen molar-refractivity contribution in [3.05, 3.63) is 65.5 Å². The van der Waals surface area contributed by atoms with E-state index in [4.69, 9.17) is 0 Å². The van der Waals surface area contributed by atoms with Gasteiger partial charge in [0.1, 0.15) is 38.5 Å². The van der Waals surface area contributed by atoms with Crippen molar-refractivity contribution in [2.75, 3.05) is 38.0 Å². The molecule has 5 heteroatoms. The molecule has 0 aliphatic carbocycles. The first-order valence-corrected chi connectivity index (χ1v) is 8.86. The van der Waals surface area contributed by atoms with E-state index >= 15 is 0 Å². The Morgan fingerprint density at radius 1 is 1.04 bits per heavy atom. The van der Waals surface area contributed by atoms with Crippen LogP contribution >= 0.6 is 0 Å². The van der Waals surface area contributed by atoms with E-state index in [1.807, 2.05) is 37.3 Å². The number of halogens is 1. The standard InChI is InChI=1S/C20H24FN3O/c1-16-4-2-7-19(12-16)22-20(25)15-24-10-8-23(9-11-24)14-17-5-3-6-18(21)13-17/h2-7,12-13H,8-11,14-15H2,1H3,(H,22,25)/p+2. The first-order chi connectivity index (χ1) is 12.1. The molecule has 3 N–H and O–H groups in total. The average molecular weight is 343 g/mol. The first kappa shape index (κ1) is 17.6. The van der Waals surface area contributed by atoms with Crippen LogP contribution in [0.1, 0.15) is 11.1 Å². The van der Waals surface area contributed by atoms with Crippen LogP contribution in [0.4, 0.5) is 10.1 Å². The zero-order valence-corrected chi connectivity index (χ0v) is 14.6. The minimum atomic E-state index is -0.172. The second kappa shape index (κ2) is 8.23. The summed E-state index contributed by atoms with van der Waals surface area (Å²) in [4.78, 5) is 15.0. The summed E-state index contributed by atoms with van der Waals surface area (Å²) in [5, 5.41) is 2.98. The van der Waals surface area contributed by atoms with Gasteiger partial charge in [-0.2, -0.15) is 0 Å². The number of hydrogen-bond donors (Lipinski definition) is 3. The molecule has 4 nitrogen and oxygen atoms in total. The lowest BCUT2D eigenvalue weighted by molar-refractivity contribution is -1.02. The number of quaternary nitrogens is 2. The third kappa shape index (κ3) is 5.37. The van der Waals surface area contributed by atoms with Gasteiger partial charge in [-0.05, 0) is 36.8 Å². The topological polar surface area (TPSA) is 38.0 Å². The fourth-order valence-corrected chi connectivity index (χ4v) is 3.40. The molecule has 1 fully saturated rings. The van der Waals surface area contributed by atoms with Crippen molar-refractivity contribution >= 4 is 11.6 Å². The number of aryl methyl sites for hydroxylation is 1. The molecule has 25 heavy (non-hydrogen) atoms. The number of rotatable bonds is 5. The Balaban J connectivity index is 1.43. The molecule has 1 amide bonds. The minimum absolute atomic E-state index is 0.0641. The smallest absolute Gasteiger partial charge is 0.279 e. The van der Waals surface area contributed by atoms with Crippen LogP contribution in [0, 0.1) is 12.7 Å². The van der Waals surface area contributed by atoms with Crippen molar-refractivity contribution in [1.82, 2.24) is 0 Å². The Morgan fingerprint density at radius 3 is 2.48 bits per heavy atom. The summed E-state index contributed by atoms with van der Waals surface area (Å²) >= 11 is 0. The van der Waals surface area contributed by atoms with Crippen LogP contribution < -0.4 is 15.1 Å². The number of piperazine rings is 1. The third-order valence-corrected chi connectivity index (χ3v) is 4.72. The number of benzene rings is 2. The fraction of sp³-hybridized carbons (Fsp3) is 0.350. The highest BCUT2D eigenvalue weighted by Crippen LogP contribution is 2.08. The molecule has 1 saturated heterocycles. The summed E-state index contributed by atoms with van der Waals surface area (Å²) in [5.74, 6) is -0.108. The molecule has 0 unspecified atom stereocenters. The van der Waals surface area contributed by atoms with E-state index in [9.17, 15) is 9.18 Å². The van der Waals surface area contributed by atoms with Gasteiger partial charge in [-0.25, -0.2) is 4.39 Å². The minimum Gasteiger partial charge on any atom is -0.322 e. The maximum absolute atomic E-state index is 13.3. The summed E-state index contributed by atoms with van der Waals surface area (Å²) in [5.41, 5.74) is 3.04. The number of carbonyl (C=O) groups is 1. The van der Waals surface area contributed by atoms with E-state index < -0.39 is 0 Å². The Kier molecular flexibility index (Phi) is 5.79. The molecule has 2 aromatic carbocycles. The Labute approximate surface area is 148 Å². The van der Waals surface area contributed by atoms with Crippen molar-refractivity contribution in [3.63, 3.8) is 0 Å². The van der Waals surface area contributed by atoms with Crippen molar-refractivity contribution in [2.45, 2.75) is 13.5 Å². The second-order valence-electron chi connectivity index (χ2n) is 6.90. The maximum atomic E-state index is 13.3. The highest BCUT2D eigenvalue weighted by Gasteiger charge is 2.24. The van der Waals surface area contributed by atoms with Gasteiger partial charge in [0.25, 0.3) is 5.91 Å². The van der Waals surface area contributed by atoms with E-state index in [1.165, 1.54) is 15.9 Å².